The van der Waals surface area contributed by atoms with Crippen LogP contribution in [-0.4, -0.2) is 21.6 Å². The van der Waals surface area contributed by atoms with E-state index in [1.807, 2.05) is 77.5 Å². The normalized spacial score (nSPS) is 11.5. The highest BCUT2D eigenvalue weighted by atomic mass is 16.5. The zero-order valence-corrected chi connectivity index (χ0v) is 14.2. The van der Waals surface area contributed by atoms with E-state index >= 15 is 0 Å². The summed E-state index contributed by atoms with van der Waals surface area (Å²) in [5.41, 5.74) is 4.04. The zero-order valence-electron chi connectivity index (χ0n) is 14.2. The van der Waals surface area contributed by atoms with Crippen molar-refractivity contribution in [3.63, 3.8) is 0 Å². The van der Waals surface area contributed by atoms with Crippen molar-refractivity contribution < 1.29 is 4.74 Å². The number of methoxy groups -OCH3 is 1. The van der Waals surface area contributed by atoms with Crippen molar-refractivity contribution in [3.05, 3.63) is 78.4 Å². The molecule has 5 heteroatoms. The Labute approximate surface area is 150 Å². The Balaban J connectivity index is 1.77. The molecule has 1 N–H and O–H groups in total. The molecular weight excluding hydrogens is 324 g/mol. The number of imidazole rings is 1. The van der Waals surface area contributed by atoms with Gasteiger partial charge in [0.15, 0.2) is 0 Å². The third kappa shape index (κ3) is 2.85. The first-order chi connectivity index (χ1) is 12.8. The van der Waals surface area contributed by atoms with Crippen LogP contribution in [0.3, 0.4) is 0 Å². The van der Waals surface area contributed by atoms with Gasteiger partial charge in [0.05, 0.1) is 23.7 Å². The Morgan fingerprint density at radius 3 is 2.77 bits per heavy atom. The first kappa shape index (κ1) is 15.7. The molecule has 0 atom stereocenters. The van der Waals surface area contributed by atoms with Crippen LogP contribution < -0.4 is 4.74 Å². The van der Waals surface area contributed by atoms with E-state index in [9.17, 15) is 5.26 Å². The lowest BCUT2D eigenvalue weighted by atomic mass is 10.2. The van der Waals surface area contributed by atoms with Crippen LogP contribution in [-0.2, 0) is 0 Å². The van der Waals surface area contributed by atoms with E-state index < -0.39 is 0 Å². The minimum absolute atomic E-state index is 0.469. The molecule has 0 aliphatic rings. The highest BCUT2D eigenvalue weighted by molar-refractivity contribution is 5.90. The minimum atomic E-state index is 0.469. The van der Waals surface area contributed by atoms with Crippen LogP contribution in [0, 0.1) is 11.3 Å². The molecule has 0 aliphatic heterocycles. The molecule has 0 aliphatic carbocycles. The van der Waals surface area contributed by atoms with E-state index in [0.29, 0.717) is 11.4 Å². The van der Waals surface area contributed by atoms with Gasteiger partial charge in [0.1, 0.15) is 17.6 Å². The fourth-order valence-corrected chi connectivity index (χ4v) is 2.88. The maximum absolute atomic E-state index is 9.65. The molecule has 0 amide bonds. The van der Waals surface area contributed by atoms with Crippen molar-refractivity contribution in [1.29, 1.82) is 5.26 Å². The molecule has 0 spiro atoms. The second kappa shape index (κ2) is 6.61. The van der Waals surface area contributed by atoms with E-state index in [1.165, 1.54) is 0 Å². The Kier molecular flexibility index (Phi) is 4.00. The van der Waals surface area contributed by atoms with Gasteiger partial charge in [-0.2, -0.15) is 5.26 Å². The van der Waals surface area contributed by atoms with Gasteiger partial charge in [0.25, 0.3) is 0 Å². The van der Waals surface area contributed by atoms with Crippen LogP contribution in [0.5, 0.6) is 5.75 Å². The lowest BCUT2D eigenvalue weighted by Crippen LogP contribution is -1.95. The number of hydrogen-bond acceptors (Lipinski definition) is 3. The Morgan fingerprint density at radius 2 is 2.00 bits per heavy atom. The molecular formula is C21H16N4O. The Hall–Kier alpha value is -3.78. The number of allylic oxidation sites excluding steroid dienone is 1. The summed E-state index contributed by atoms with van der Waals surface area (Å²) in [6, 6.07) is 21.8. The number of ether oxygens (including phenoxy) is 1. The van der Waals surface area contributed by atoms with Crippen molar-refractivity contribution in [2.45, 2.75) is 0 Å². The average Bonchev–Trinajstić information content (AvgIpc) is 3.32. The van der Waals surface area contributed by atoms with Gasteiger partial charge in [-0.15, -0.1) is 0 Å². The predicted molar refractivity (Wildman–Crippen MR) is 102 cm³/mol. The number of nitrogens with zero attached hydrogens (tertiary/aromatic N) is 3. The summed E-state index contributed by atoms with van der Waals surface area (Å²) in [6.07, 6.45) is 3.81. The van der Waals surface area contributed by atoms with Crippen molar-refractivity contribution in [3.8, 4) is 17.5 Å². The molecule has 4 rings (SSSR count). The summed E-state index contributed by atoms with van der Waals surface area (Å²) in [5.74, 6) is 1.28. The molecule has 0 unspecified atom stereocenters. The first-order valence-corrected chi connectivity index (χ1v) is 8.17. The van der Waals surface area contributed by atoms with E-state index in [1.54, 1.807) is 7.11 Å². The molecule has 0 saturated heterocycles. The van der Waals surface area contributed by atoms with Crippen LogP contribution in [0.15, 0.2) is 66.9 Å². The molecule has 2 aromatic carbocycles. The van der Waals surface area contributed by atoms with E-state index in [2.05, 4.69) is 16.0 Å². The van der Waals surface area contributed by atoms with Gasteiger partial charge < -0.3 is 14.3 Å². The summed E-state index contributed by atoms with van der Waals surface area (Å²) < 4.78 is 7.27. The molecule has 2 aromatic heterocycles. The topological polar surface area (TPSA) is 66.6 Å². The van der Waals surface area contributed by atoms with Gasteiger partial charge in [-0.1, -0.05) is 18.2 Å². The molecule has 0 saturated carbocycles. The van der Waals surface area contributed by atoms with Crippen molar-refractivity contribution in [1.82, 2.24) is 14.5 Å². The van der Waals surface area contributed by atoms with Crippen molar-refractivity contribution >= 4 is 22.7 Å². The monoisotopic (exact) mass is 340 g/mol. The molecule has 0 bridgehead atoms. The average molecular weight is 340 g/mol. The first-order valence-electron chi connectivity index (χ1n) is 8.17. The number of nitrogens with one attached hydrogen (secondary N) is 1. The quantitative estimate of drug-likeness (QED) is 0.559. The molecule has 126 valence electrons. The number of aromatic amines is 1. The summed E-state index contributed by atoms with van der Waals surface area (Å²) in [5, 5.41) is 9.65. The number of para-hydroxylation sites is 1. The molecule has 4 aromatic rings. The van der Waals surface area contributed by atoms with Crippen LogP contribution in [0.25, 0.3) is 28.4 Å². The van der Waals surface area contributed by atoms with Gasteiger partial charge in [0.2, 0.25) is 0 Å². The maximum Gasteiger partial charge on any atom is 0.149 e. The highest BCUT2D eigenvalue weighted by Gasteiger charge is 2.10. The summed E-state index contributed by atoms with van der Waals surface area (Å²) in [6.45, 7) is 0. The molecule has 2 heterocycles. The largest absolute Gasteiger partial charge is 0.497 e. The number of aromatic nitrogens is 3. The van der Waals surface area contributed by atoms with E-state index in [0.717, 1.165) is 28.2 Å². The van der Waals surface area contributed by atoms with Gasteiger partial charge >= 0.3 is 0 Å². The second-order valence-corrected chi connectivity index (χ2v) is 5.78. The minimum Gasteiger partial charge on any atom is -0.497 e. The standard InChI is InChI=1S/C21H16N4O/c1-26-18-9-10-19-20(13-18)24-21(23-19)15(14-22)12-17-8-5-11-25(17)16-6-3-2-4-7-16/h2-13H,1H3,(H,23,24). The third-order valence-corrected chi connectivity index (χ3v) is 4.17. The van der Waals surface area contributed by atoms with Crippen molar-refractivity contribution in [2.24, 2.45) is 0 Å². The third-order valence-electron chi connectivity index (χ3n) is 4.17. The number of fused-ring (bicyclic) bond motifs is 1. The number of hydrogen-bond donors (Lipinski definition) is 1. The summed E-state index contributed by atoms with van der Waals surface area (Å²) >= 11 is 0. The smallest absolute Gasteiger partial charge is 0.149 e. The number of nitriles is 1. The number of rotatable bonds is 4. The number of H-pyrrole nitrogens is 1. The second-order valence-electron chi connectivity index (χ2n) is 5.78. The lowest BCUT2D eigenvalue weighted by Gasteiger charge is -2.06. The fourth-order valence-electron chi connectivity index (χ4n) is 2.88. The maximum atomic E-state index is 9.65. The van der Waals surface area contributed by atoms with Crippen molar-refractivity contribution in [2.75, 3.05) is 7.11 Å². The number of benzene rings is 2. The van der Waals surface area contributed by atoms with Gasteiger partial charge in [-0.3, -0.25) is 0 Å². The lowest BCUT2D eigenvalue weighted by molar-refractivity contribution is 0.415. The summed E-state index contributed by atoms with van der Waals surface area (Å²) in [7, 11) is 1.62. The van der Waals surface area contributed by atoms with Crippen LogP contribution in [0.2, 0.25) is 0 Å². The van der Waals surface area contributed by atoms with Gasteiger partial charge in [-0.25, -0.2) is 4.98 Å². The van der Waals surface area contributed by atoms with E-state index in [4.69, 9.17) is 4.74 Å². The Morgan fingerprint density at radius 1 is 1.15 bits per heavy atom. The molecule has 5 nitrogen and oxygen atoms in total. The zero-order chi connectivity index (χ0) is 17.9. The Bertz CT molecular complexity index is 1130. The molecule has 0 radical (unpaired) electrons. The highest BCUT2D eigenvalue weighted by Crippen LogP contribution is 2.23. The SMILES string of the molecule is COc1ccc2nc(C(C#N)=Cc3cccn3-c3ccccc3)[nH]c2c1. The van der Waals surface area contributed by atoms with Gasteiger partial charge in [-0.05, 0) is 42.5 Å². The van der Waals surface area contributed by atoms with Crippen LogP contribution >= 0.6 is 0 Å². The fraction of sp³-hybridized carbons (Fsp3) is 0.0476. The predicted octanol–water partition coefficient (Wildman–Crippen LogP) is 4.43. The molecule has 0 fully saturated rings. The summed E-state index contributed by atoms with van der Waals surface area (Å²) in [4.78, 5) is 7.73. The van der Waals surface area contributed by atoms with Crippen LogP contribution in [0.4, 0.5) is 0 Å². The van der Waals surface area contributed by atoms with E-state index in [-0.39, 0.29) is 0 Å². The van der Waals surface area contributed by atoms with Gasteiger partial charge in [0, 0.05) is 23.6 Å². The van der Waals surface area contributed by atoms with Crippen LogP contribution in [0.1, 0.15) is 11.5 Å². The molecule has 26 heavy (non-hydrogen) atoms.